The second-order valence-corrected chi connectivity index (χ2v) is 4.87. The van der Waals surface area contributed by atoms with Gasteiger partial charge in [-0.15, -0.1) is 0 Å². The van der Waals surface area contributed by atoms with Crippen molar-refractivity contribution >= 4 is 0 Å². The summed E-state index contributed by atoms with van der Waals surface area (Å²) in [6.45, 7) is 4.78. The highest BCUT2D eigenvalue weighted by molar-refractivity contribution is 5.17. The molecule has 3 heteroatoms. The Bertz CT molecular complexity index is 352. The van der Waals surface area contributed by atoms with Crippen molar-refractivity contribution in [2.45, 2.75) is 51.1 Å². The van der Waals surface area contributed by atoms with Crippen molar-refractivity contribution in [1.82, 2.24) is 0 Å². The summed E-state index contributed by atoms with van der Waals surface area (Å²) in [6.07, 6.45) is 1.16. The number of benzene rings is 1. The number of aliphatic hydroxyl groups excluding tert-OH is 1. The number of rotatable bonds is 6. The third-order valence-corrected chi connectivity index (χ3v) is 3.38. The van der Waals surface area contributed by atoms with Gasteiger partial charge in [-0.3, -0.25) is 0 Å². The summed E-state index contributed by atoms with van der Waals surface area (Å²) in [6, 6.07) is 10.1. The lowest BCUT2D eigenvalue weighted by Gasteiger charge is -2.42. The number of ether oxygens (including phenoxy) is 2. The highest BCUT2D eigenvalue weighted by Gasteiger charge is 2.42. The highest BCUT2D eigenvalue weighted by Crippen LogP contribution is 2.31. The normalized spacial score (nSPS) is 28.7. The Morgan fingerprint density at radius 3 is 2.67 bits per heavy atom. The average molecular weight is 250 g/mol. The maximum Gasteiger partial charge on any atom is 0.110 e. The van der Waals surface area contributed by atoms with Crippen LogP contribution in [0.3, 0.4) is 0 Å². The van der Waals surface area contributed by atoms with Gasteiger partial charge >= 0.3 is 0 Å². The highest BCUT2D eigenvalue weighted by atomic mass is 16.6. The van der Waals surface area contributed by atoms with E-state index in [0.717, 1.165) is 12.0 Å². The number of hydrogen-bond acceptors (Lipinski definition) is 3. The lowest BCUT2D eigenvalue weighted by atomic mass is 9.87. The molecule has 3 nitrogen and oxygen atoms in total. The molecule has 4 atom stereocenters. The lowest BCUT2D eigenvalue weighted by molar-refractivity contribution is -0.206. The van der Waals surface area contributed by atoms with E-state index in [0.29, 0.717) is 13.0 Å². The van der Waals surface area contributed by atoms with E-state index in [4.69, 9.17) is 9.47 Å². The molecule has 100 valence electrons. The van der Waals surface area contributed by atoms with Crippen LogP contribution in [0.4, 0.5) is 0 Å². The summed E-state index contributed by atoms with van der Waals surface area (Å²) in [5.41, 5.74) is 1.16. The molecule has 0 aliphatic heterocycles. The van der Waals surface area contributed by atoms with Crippen molar-refractivity contribution in [3.8, 4) is 0 Å². The Morgan fingerprint density at radius 2 is 2.06 bits per heavy atom. The first-order valence-corrected chi connectivity index (χ1v) is 6.72. The fourth-order valence-electron chi connectivity index (χ4n) is 2.23. The molecule has 1 aliphatic rings. The molecule has 1 aliphatic carbocycles. The van der Waals surface area contributed by atoms with Gasteiger partial charge in [0.2, 0.25) is 0 Å². The van der Waals surface area contributed by atoms with Gasteiger partial charge in [-0.25, -0.2) is 0 Å². The third-order valence-electron chi connectivity index (χ3n) is 3.38. The van der Waals surface area contributed by atoms with E-state index in [1.165, 1.54) is 0 Å². The quantitative estimate of drug-likeness (QED) is 0.843. The fraction of sp³-hybridized carbons (Fsp3) is 0.600. The zero-order chi connectivity index (χ0) is 13.0. The molecule has 0 saturated heterocycles. The maximum absolute atomic E-state index is 9.68. The van der Waals surface area contributed by atoms with Gasteiger partial charge < -0.3 is 14.6 Å². The minimum absolute atomic E-state index is 0.0155. The monoisotopic (exact) mass is 250 g/mol. The molecule has 4 unspecified atom stereocenters. The first-order valence-electron chi connectivity index (χ1n) is 6.72. The van der Waals surface area contributed by atoms with Crippen LogP contribution in [0.15, 0.2) is 30.3 Å². The first-order chi connectivity index (χ1) is 8.72. The molecule has 0 spiro atoms. The predicted molar refractivity (Wildman–Crippen MR) is 70.4 cm³/mol. The Kier molecular flexibility index (Phi) is 4.75. The van der Waals surface area contributed by atoms with Crippen LogP contribution in [-0.4, -0.2) is 30.0 Å². The zero-order valence-electron chi connectivity index (χ0n) is 11.1. The number of hydrogen-bond donors (Lipinski definition) is 1. The molecule has 0 heterocycles. The van der Waals surface area contributed by atoms with Crippen molar-refractivity contribution in [2.24, 2.45) is 0 Å². The zero-order valence-corrected chi connectivity index (χ0v) is 11.1. The third kappa shape index (κ3) is 3.10. The average Bonchev–Trinajstić information content (AvgIpc) is 2.39. The molecule has 0 amide bonds. The van der Waals surface area contributed by atoms with Gasteiger partial charge in [0.15, 0.2) is 0 Å². The Hall–Kier alpha value is -0.900. The van der Waals surface area contributed by atoms with Crippen molar-refractivity contribution in [3.63, 3.8) is 0 Å². The minimum atomic E-state index is -0.371. The smallest absolute Gasteiger partial charge is 0.110 e. The van der Waals surface area contributed by atoms with E-state index in [1.807, 2.05) is 25.1 Å². The molecule has 1 N–H and O–H groups in total. The summed E-state index contributed by atoms with van der Waals surface area (Å²) in [5, 5.41) is 9.68. The summed E-state index contributed by atoms with van der Waals surface area (Å²) < 4.78 is 11.6. The molecule has 1 aromatic rings. The largest absolute Gasteiger partial charge is 0.390 e. The van der Waals surface area contributed by atoms with Gasteiger partial charge in [-0.1, -0.05) is 37.3 Å². The SMILES string of the molecule is CCCOC1C(O)CC1OC(C)c1ccccc1. The van der Waals surface area contributed by atoms with Gasteiger partial charge in [0.05, 0.1) is 18.3 Å². The van der Waals surface area contributed by atoms with Crippen LogP contribution in [0.25, 0.3) is 0 Å². The topological polar surface area (TPSA) is 38.7 Å². The molecule has 18 heavy (non-hydrogen) atoms. The molecule has 1 fully saturated rings. The van der Waals surface area contributed by atoms with Crippen LogP contribution < -0.4 is 0 Å². The summed E-state index contributed by atoms with van der Waals surface area (Å²) in [4.78, 5) is 0. The molecule has 1 aromatic carbocycles. The van der Waals surface area contributed by atoms with E-state index < -0.39 is 0 Å². The molecule has 2 rings (SSSR count). The van der Waals surface area contributed by atoms with E-state index >= 15 is 0 Å². The molecule has 0 radical (unpaired) electrons. The fourth-order valence-corrected chi connectivity index (χ4v) is 2.23. The van der Waals surface area contributed by atoms with Gasteiger partial charge in [0, 0.05) is 13.0 Å². The van der Waals surface area contributed by atoms with Crippen molar-refractivity contribution in [3.05, 3.63) is 35.9 Å². The van der Waals surface area contributed by atoms with E-state index in [2.05, 4.69) is 19.1 Å². The van der Waals surface area contributed by atoms with Crippen LogP contribution in [0.1, 0.15) is 38.4 Å². The van der Waals surface area contributed by atoms with Crippen LogP contribution in [0.5, 0.6) is 0 Å². The van der Waals surface area contributed by atoms with Crippen LogP contribution >= 0.6 is 0 Å². The second kappa shape index (κ2) is 6.32. The Morgan fingerprint density at radius 1 is 1.33 bits per heavy atom. The minimum Gasteiger partial charge on any atom is -0.390 e. The van der Waals surface area contributed by atoms with E-state index in [9.17, 15) is 5.11 Å². The van der Waals surface area contributed by atoms with Crippen molar-refractivity contribution < 1.29 is 14.6 Å². The Balaban J connectivity index is 1.86. The molecule has 0 aromatic heterocycles. The van der Waals surface area contributed by atoms with Gasteiger partial charge in [0.1, 0.15) is 6.10 Å². The van der Waals surface area contributed by atoms with Crippen molar-refractivity contribution in [2.75, 3.05) is 6.61 Å². The van der Waals surface area contributed by atoms with Gasteiger partial charge in [-0.05, 0) is 18.9 Å². The van der Waals surface area contributed by atoms with E-state index in [-0.39, 0.29) is 24.4 Å². The second-order valence-electron chi connectivity index (χ2n) is 4.87. The summed E-state index contributed by atoms with van der Waals surface area (Å²) >= 11 is 0. The van der Waals surface area contributed by atoms with Crippen molar-refractivity contribution in [1.29, 1.82) is 0 Å². The van der Waals surface area contributed by atoms with Gasteiger partial charge in [-0.2, -0.15) is 0 Å². The molecular formula is C15H22O3. The lowest BCUT2D eigenvalue weighted by Crippen LogP contribution is -2.54. The molecule has 0 bridgehead atoms. The first kappa shape index (κ1) is 13.5. The standard InChI is InChI=1S/C15H22O3/c1-3-9-17-15-13(16)10-14(15)18-11(2)12-7-5-4-6-8-12/h4-8,11,13-16H,3,9-10H2,1-2H3. The predicted octanol–water partition coefficient (Wildman–Crippen LogP) is 2.69. The van der Waals surface area contributed by atoms with Crippen LogP contribution in [0.2, 0.25) is 0 Å². The molecular weight excluding hydrogens is 228 g/mol. The summed E-state index contributed by atoms with van der Waals surface area (Å²) in [5.74, 6) is 0. The maximum atomic E-state index is 9.68. The van der Waals surface area contributed by atoms with E-state index in [1.54, 1.807) is 0 Å². The Labute approximate surface area is 109 Å². The molecule has 1 saturated carbocycles. The number of aliphatic hydroxyl groups is 1. The van der Waals surface area contributed by atoms with Crippen LogP contribution in [-0.2, 0) is 9.47 Å². The van der Waals surface area contributed by atoms with Gasteiger partial charge in [0.25, 0.3) is 0 Å². The van der Waals surface area contributed by atoms with Crippen LogP contribution in [0, 0.1) is 0 Å². The summed E-state index contributed by atoms with van der Waals surface area (Å²) in [7, 11) is 0.